The molecule has 1 aromatic heterocycles. The molecule has 0 aliphatic carbocycles. The lowest BCUT2D eigenvalue weighted by molar-refractivity contribution is -0.144. The number of carboxylic acids is 1. The molecule has 2 heterocycles. The topological polar surface area (TPSA) is 65.5 Å². The van der Waals surface area contributed by atoms with E-state index >= 15 is 0 Å². The zero-order chi connectivity index (χ0) is 11.4. The molecule has 1 aliphatic heterocycles. The van der Waals surface area contributed by atoms with Crippen LogP contribution < -0.4 is 5.32 Å². The highest BCUT2D eigenvalue weighted by Crippen LogP contribution is 2.09. The highest BCUT2D eigenvalue weighted by Gasteiger charge is 2.27. The predicted molar refractivity (Wildman–Crippen MR) is 58.9 cm³/mol. The molecule has 0 aromatic carbocycles. The molecule has 0 bridgehead atoms. The van der Waals surface area contributed by atoms with E-state index in [0.717, 1.165) is 18.7 Å². The molecule has 16 heavy (non-hydrogen) atoms. The first-order valence-electron chi connectivity index (χ1n) is 5.34. The molecule has 1 atom stereocenters. The van der Waals surface area contributed by atoms with Crippen LogP contribution in [0.5, 0.6) is 0 Å². The van der Waals surface area contributed by atoms with Gasteiger partial charge in [-0.25, -0.2) is 0 Å². The first kappa shape index (κ1) is 11.0. The average molecular weight is 221 g/mol. The van der Waals surface area contributed by atoms with Gasteiger partial charge in [-0.15, -0.1) is 0 Å². The summed E-state index contributed by atoms with van der Waals surface area (Å²) < 4.78 is 0. The Hall–Kier alpha value is -1.46. The Bertz CT molecular complexity index is 356. The minimum Gasteiger partial charge on any atom is -0.480 e. The van der Waals surface area contributed by atoms with Crippen molar-refractivity contribution < 1.29 is 9.90 Å². The van der Waals surface area contributed by atoms with Crippen LogP contribution in [0.25, 0.3) is 0 Å². The summed E-state index contributed by atoms with van der Waals surface area (Å²) in [7, 11) is 0. The van der Waals surface area contributed by atoms with Crippen LogP contribution in [0.15, 0.2) is 24.5 Å². The molecule has 2 rings (SSSR count). The molecule has 1 fully saturated rings. The molecule has 86 valence electrons. The molecule has 0 unspecified atom stereocenters. The van der Waals surface area contributed by atoms with Gasteiger partial charge in [-0.1, -0.05) is 0 Å². The number of nitrogens with one attached hydrogen (secondary N) is 1. The maximum atomic E-state index is 11.1. The maximum absolute atomic E-state index is 11.1. The number of pyridine rings is 1. The first-order valence-corrected chi connectivity index (χ1v) is 5.34. The monoisotopic (exact) mass is 221 g/mol. The van der Waals surface area contributed by atoms with Crippen LogP contribution in [0.2, 0.25) is 0 Å². The van der Waals surface area contributed by atoms with Gasteiger partial charge in [0.25, 0.3) is 0 Å². The molecule has 2 N–H and O–H groups in total. The van der Waals surface area contributed by atoms with Crippen molar-refractivity contribution >= 4 is 5.97 Å². The Labute approximate surface area is 94.1 Å². The van der Waals surface area contributed by atoms with E-state index in [1.807, 2.05) is 17.0 Å². The fraction of sp³-hybridized carbons (Fsp3) is 0.455. The number of aromatic nitrogens is 1. The largest absolute Gasteiger partial charge is 0.480 e. The van der Waals surface area contributed by atoms with E-state index in [0.29, 0.717) is 13.1 Å². The van der Waals surface area contributed by atoms with E-state index in [2.05, 4.69) is 10.3 Å². The number of hydrogen-bond acceptors (Lipinski definition) is 4. The lowest BCUT2D eigenvalue weighted by Crippen LogP contribution is -2.54. The van der Waals surface area contributed by atoms with Gasteiger partial charge < -0.3 is 10.4 Å². The van der Waals surface area contributed by atoms with Crippen molar-refractivity contribution in [1.29, 1.82) is 0 Å². The first-order chi connectivity index (χ1) is 7.77. The van der Waals surface area contributed by atoms with Crippen LogP contribution in [0.4, 0.5) is 0 Å². The molecule has 0 saturated carbocycles. The molecule has 0 amide bonds. The third-order valence-electron chi connectivity index (χ3n) is 2.77. The van der Waals surface area contributed by atoms with Gasteiger partial charge in [0.05, 0.1) is 0 Å². The Kier molecular flexibility index (Phi) is 3.48. The second kappa shape index (κ2) is 5.05. The quantitative estimate of drug-likeness (QED) is 0.748. The van der Waals surface area contributed by atoms with Gasteiger partial charge in [-0.05, 0) is 17.7 Å². The van der Waals surface area contributed by atoms with Crippen molar-refractivity contribution in [2.24, 2.45) is 0 Å². The predicted octanol–water partition coefficient (Wildman–Crippen LogP) is -0.0600. The van der Waals surface area contributed by atoms with E-state index < -0.39 is 12.0 Å². The minimum atomic E-state index is -0.763. The normalized spacial score (nSPS) is 21.9. The summed E-state index contributed by atoms with van der Waals surface area (Å²) in [4.78, 5) is 17.0. The Balaban J connectivity index is 2.04. The molecule has 0 radical (unpaired) electrons. The zero-order valence-electron chi connectivity index (χ0n) is 8.97. The Morgan fingerprint density at radius 3 is 3.00 bits per heavy atom. The second-order valence-corrected chi connectivity index (χ2v) is 3.88. The van der Waals surface area contributed by atoms with E-state index in [4.69, 9.17) is 5.11 Å². The molecule has 1 aromatic rings. The van der Waals surface area contributed by atoms with Crippen LogP contribution in [0.1, 0.15) is 5.56 Å². The number of carbonyl (C=O) groups is 1. The van der Waals surface area contributed by atoms with Crippen molar-refractivity contribution in [3.8, 4) is 0 Å². The van der Waals surface area contributed by atoms with Crippen molar-refractivity contribution in [2.45, 2.75) is 12.6 Å². The van der Waals surface area contributed by atoms with Gasteiger partial charge in [-0.2, -0.15) is 0 Å². The van der Waals surface area contributed by atoms with Crippen molar-refractivity contribution in [3.05, 3.63) is 30.1 Å². The SMILES string of the molecule is O=C(O)[C@@H]1CNCCN1Cc1ccncc1. The van der Waals surface area contributed by atoms with Gasteiger partial charge in [0.1, 0.15) is 6.04 Å². The highest BCUT2D eigenvalue weighted by atomic mass is 16.4. The summed E-state index contributed by atoms with van der Waals surface area (Å²) in [6.07, 6.45) is 3.46. The second-order valence-electron chi connectivity index (χ2n) is 3.88. The van der Waals surface area contributed by atoms with E-state index in [1.54, 1.807) is 12.4 Å². The fourth-order valence-electron chi connectivity index (χ4n) is 1.90. The number of piperazine rings is 1. The third-order valence-corrected chi connectivity index (χ3v) is 2.77. The number of rotatable bonds is 3. The smallest absolute Gasteiger partial charge is 0.322 e. The Morgan fingerprint density at radius 2 is 2.31 bits per heavy atom. The third kappa shape index (κ3) is 2.56. The molecule has 0 spiro atoms. The molecule has 5 heteroatoms. The van der Waals surface area contributed by atoms with E-state index in [9.17, 15) is 4.79 Å². The molecule has 1 saturated heterocycles. The minimum absolute atomic E-state index is 0.429. The summed E-state index contributed by atoms with van der Waals surface area (Å²) in [5, 5.41) is 12.2. The lowest BCUT2D eigenvalue weighted by atomic mass is 10.1. The summed E-state index contributed by atoms with van der Waals surface area (Å²) in [5.74, 6) is -0.763. The highest BCUT2D eigenvalue weighted by molar-refractivity contribution is 5.74. The van der Waals surface area contributed by atoms with Gasteiger partial charge in [0, 0.05) is 38.6 Å². The van der Waals surface area contributed by atoms with Crippen LogP contribution >= 0.6 is 0 Å². The van der Waals surface area contributed by atoms with Crippen molar-refractivity contribution in [3.63, 3.8) is 0 Å². The summed E-state index contributed by atoms with van der Waals surface area (Å²) >= 11 is 0. The summed E-state index contributed by atoms with van der Waals surface area (Å²) in [5.41, 5.74) is 1.10. The Morgan fingerprint density at radius 1 is 1.56 bits per heavy atom. The van der Waals surface area contributed by atoms with E-state index in [1.165, 1.54) is 0 Å². The maximum Gasteiger partial charge on any atom is 0.322 e. The van der Waals surface area contributed by atoms with Crippen LogP contribution in [-0.4, -0.2) is 46.6 Å². The van der Waals surface area contributed by atoms with Gasteiger partial charge in [-0.3, -0.25) is 14.7 Å². The van der Waals surface area contributed by atoms with Crippen molar-refractivity contribution in [1.82, 2.24) is 15.2 Å². The zero-order valence-corrected chi connectivity index (χ0v) is 8.97. The molecule has 1 aliphatic rings. The number of carboxylic acid groups (broad SMARTS) is 1. The molecular formula is C11H15N3O2. The van der Waals surface area contributed by atoms with Gasteiger partial charge in [0.2, 0.25) is 0 Å². The summed E-state index contributed by atoms with van der Waals surface area (Å²) in [6, 6.07) is 3.41. The number of nitrogens with zero attached hydrogens (tertiary/aromatic N) is 2. The molecule has 5 nitrogen and oxygen atoms in total. The standard InChI is InChI=1S/C11H15N3O2/c15-11(16)10-7-13-5-6-14(10)8-9-1-3-12-4-2-9/h1-4,10,13H,5-8H2,(H,15,16)/t10-/m0/s1. The van der Waals surface area contributed by atoms with Crippen LogP contribution in [-0.2, 0) is 11.3 Å². The number of hydrogen-bond donors (Lipinski definition) is 2. The van der Waals surface area contributed by atoms with Crippen molar-refractivity contribution in [2.75, 3.05) is 19.6 Å². The lowest BCUT2D eigenvalue weighted by Gasteiger charge is -2.33. The number of aliphatic carboxylic acids is 1. The van der Waals surface area contributed by atoms with Crippen LogP contribution in [0, 0.1) is 0 Å². The van der Waals surface area contributed by atoms with Crippen LogP contribution in [0.3, 0.4) is 0 Å². The fourth-order valence-corrected chi connectivity index (χ4v) is 1.90. The molecular weight excluding hydrogens is 206 g/mol. The summed E-state index contributed by atoms with van der Waals surface area (Å²) in [6.45, 7) is 2.79. The van der Waals surface area contributed by atoms with Gasteiger partial charge >= 0.3 is 5.97 Å². The van der Waals surface area contributed by atoms with E-state index in [-0.39, 0.29) is 0 Å². The average Bonchev–Trinajstić information content (AvgIpc) is 2.31. The van der Waals surface area contributed by atoms with Gasteiger partial charge in [0.15, 0.2) is 0 Å².